The van der Waals surface area contributed by atoms with Gasteiger partial charge in [0.15, 0.2) is 0 Å². The molecule has 1 atom stereocenters. The molecule has 1 heterocycles. The molecule has 30 heavy (non-hydrogen) atoms. The van der Waals surface area contributed by atoms with E-state index < -0.39 is 9.73 Å². The number of rotatable bonds is 4. The highest BCUT2D eigenvalue weighted by atomic mass is 32.2. The first-order valence-corrected chi connectivity index (χ1v) is 11.7. The van der Waals surface area contributed by atoms with Crippen molar-refractivity contribution in [2.75, 3.05) is 17.3 Å². The molecule has 8 heteroatoms. The van der Waals surface area contributed by atoms with E-state index in [9.17, 15) is 13.4 Å². The van der Waals surface area contributed by atoms with Crippen LogP contribution in [0.4, 0.5) is 15.8 Å². The Balaban J connectivity index is 1.63. The minimum absolute atomic E-state index is 0.320. The highest BCUT2D eigenvalue weighted by molar-refractivity contribution is 7.93. The third-order valence-corrected chi connectivity index (χ3v) is 7.60. The Morgan fingerprint density at radius 2 is 1.73 bits per heavy atom. The van der Waals surface area contributed by atoms with Crippen molar-refractivity contribution in [3.8, 4) is 11.1 Å². The molecule has 4 rings (SSSR count). The van der Waals surface area contributed by atoms with Crippen LogP contribution < -0.4 is 11.1 Å². The summed E-state index contributed by atoms with van der Waals surface area (Å²) >= 11 is 1.25. The molecule has 0 fully saturated rings. The van der Waals surface area contributed by atoms with Crippen LogP contribution in [0.15, 0.2) is 70.9 Å². The van der Waals surface area contributed by atoms with Gasteiger partial charge in [0.2, 0.25) is 0 Å². The van der Waals surface area contributed by atoms with E-state index in [4.69, 9.17) is 10.5 Å². The number of nitrogen functional groups attached to an aromatic ring is 1. The van der Waals surface area contributed by atoms with Gasteiger partial charge < -0.3 is 11.1 Å². The molecular formula is C22H18FN3O2S2. The fraction of sp³-hybridized carbons (Fsp3) is 0.0455. The number of nitrogens with one attached hydrogen (secondary N) is 2. The number of fused-ring (bicyclic) bond motifs is 1. The molecule has 3 aromatic carbocycles. The Morgan fingerprint density at radius 3 is 2.43 bits per heavy atom. The topological polar surface area (TPSA) is 96.0 Å². The number of thiophene rings is 1. The Hall–Kier alpha value is -3.23. The maximum atomic E-state index is 13.2. The molecule has 0 aliphatic carbocycles. The average Bonchev–Trinajstić information content (AvgIpc) is 3.14. The number of anilines is 2. The Labute approximate surface area is 177 Å². The highest BCUT2D eigenvalue weighted by Crippen LogP contribution is 2.31. The van der Waals surface area contributed by atoms with Crippen LogP contribution in [0.25, 0.3) is 21.2 Å². The summed E-state index contributed by atoms with van der Waals surface area (Å²) in [5.74, 6) is -0.655. The van der Waals surface area contributed by atoms with Gasteiger partial charge in [0.05, 0.1) is 21.1 Å². The first kappa shape index (κ1) is 20.1. The smallest absolute Gasteiger partial charge is 0.255 e. The van der Waals surface area contributed by atoms with Crippen LogP contribution >= 0.6 is 11.3 Å². The molecule has 1 amide bonds. The molecule has 1 unspecified atom stereocenters. The molecular weight excluding hydrogens is 421 g/mol. The fourth-order valence-corrected chi connectivity index (χ4v) is 5.11. The summed E-state index contributed by atoms with van der Waals surface area (Å²) in [6.45, 7) is 0. The summed E-state index contributed by atoms with van der Waals surface area (Å²) in [6, 6.07) is 18.2. The van der Waals surface area contributed by atoms with Crippen molar-refractivity contribution in [1.82, 2.24) is 0 Å². The van der Waals surface area contributed by atoms with E-state index in [1.165, 1.54) is 29.7 Å². The van der Waals surface area contributed by atoms with Crippen LogP contribution in [0, 0.1) is 10.6 Å². The SMILES string of the molecule is CS(=N)(=O)c1cc2ccc(C(=O)Nc3cc(-c4ccc(F)cc4)ccc3N)cc2s1. The molecule has 4 N–H and O–H groups in total. The highest BCUT2D eigenvalue weighted by Gasteiger charge is 2.13. The molecule has 0 aliphatic heterocycles. The van der Waals surface area contributed by atoms with E-state index in [0.29, 0.717) is 21.1 Å². The second kappa shape index (κ2) is 7.55. The number of amides is 1. The van der Waals surface area contributed by atoms with E-state index in [-0.39, 0.29) is 11.7 Å². The van der Waals surface area contributed by atoms with Crippen LogP contribution in [-0.4, -0.2) is 16.4 Å². The Bertz CT molecular complexity index is 1380. The lowest BCUT2D eigenvalue weighted by molar-refractivity contribution is 0.102. The standard InChI is InChI=1S/C22H18FN3O2S2/c1-30(25,28)21-12-15-2-3-16(11-20(15)29-21)22(27)26-19-10-14(6-9-18(19)24)13-4-7-17(23)8-5-13/h2-12,25H,24H2,1H3,(H,26,27). The molecule has 1 aromatic heterocycles. The maximum Gasteiger partial charge on any atom is 0.255 e. The zero-order chi connectivity index (χ0) is 21.5. The predicted octanol–water partition coefficient (Wildman–Crippen LogP) is 5.58. The van der Waals surface area contributed by atoms with Gasteiger partial charge in [-0.25, -0.2) is 13.4 Å². The lowest BCUT2D eigenvalue weighted by Crippen LogP contribution is -2.13. The molecule has 0 spiro atoms. The van der Waals surface area contributed by atoms with Crippen LogP contribution in [0.1, 0.15) is 10.4 Å². The minimum Gasteiger partial charge on any atom is -0.397 e. The zero-order valence-corrected chi connectivity index (χ0v) is 17.6. The van der Waals surface area contributed by atoms with Crippen LogP contribution in [-0.2, 0) is 9.73 Å². The summed E-state index contributed by atoms with van der Waals surface area (Å²) in [7, 11) is -2.81. The minimum atomic E-state index is -2.81. The molecule has 0 saturated heterocycles. The van der Waals surface area contributed by atoms with Gasteiger partial charge in [0.1, 0.15) is 10.0 Å². The van der Waals surface area contributed by atoms with Gasteiger partial charge in [-0.1, -0.05) is 24.3 Å². The van der Waals surface area contributed by atoms with Crippen LogP contribution in [0.5, 0.6) is 0 Å². The second-order valence-corrected chi connectivity index (χ2v) is 10.4. The maximum absolute atomic E-state index is 13.2. The van der Waals surface area contributed by atoms with E-state index in [2.05, 4.69) is 5.32 Å². The lowest BCUT2D eigenvalue weighted by atomic mass is 10.0. The number of hydrogen-bond donors (Lipinski definition) is 3. The fourth-order valence-electron chi connectivity index (χ4n) is 3.02. The Morgan fingerprint density at radius 1 is 1.03 bits per heavy atom. The molecule has 5 nitrogen and oxygen atoms in total. The van der Waals surface area contributed by atoms with E-state index in [0.717, 1.165) is 21.2 Å². The molecule has 0 radical (unpaired) electrons. The van der Waals surface area contributed by atoms with E-state index >= 15 is 0 Å². The van der Waals surface area contributed by atoms with Crippen molar-refractivity contribution in [2.45, 2.75) is 4.21 Å². The number of halogens is 1. The first-order chi connectivity index (χ1) is 14.2. The summed E-state index contributed by atoms with van der Waals surface area (Å²) in [5, 5.41) is 3.66. The van der Waals surface area contributed by atoms with Gasteiger partial charge in [0, 0.05) is 16.5 Å². The molecule has 152 valence electrons. The lowest BCUT2D eigenvalue weighted by Gasteiger charge is -2.11. The molecule has 0 aliphatic rings. The zero-order valence-electron chi connectivity index (χ0n) is 15.9. The second-order valence-electron chi connectivity index (χ2n) is 6.92. The summed E-state index contributed by atoms with van der Waals surface area (Å²) < 4.78 is 34.2. The first-order valence-electron chi connectivity index (χ1n) is 8.95. The van der Waals surface area contributed by atoms with Crippen molar-refractivity contribution in [3.05, 3.63) is 78.1 Å². The van der Waals surface area contributed by atoms with Crippen molar-refractivity contribution < 1.29 is 13.4 Å². The van der Waals surface area contributed by atoms with Crippen molar-refractivity contribution >= 4 is 48.4 Å². The van der Waals surface area contributed by atoms with Gasteiger partial charge in [-0.15, -0.1) is 11.3 Å². The van der Waals surface area contributed by atoms with Crippen molar-refractivity contribution in [1.29, 1.82) is 4.78 Å². The number of hydrogen-bond acceptors (Lipinski definition) is 5. The predicted molar refractivity (Wildman–Crippen MR) is 121 cm³/mol. The normalized spacial score (nSPS) is 13.1. The van der Waals surface area contributed by atoms with E-state index in [1.807, 2.05) is 0 Å². The van der Waals surface area contributed by atoms with Gasteiger partial charge in [-0.05, 0) is 59.0 Å². The van der Waals surface area contributed by atoms with Gasteiger partial charge in [0.25, 0.3) is 5.91 Å². The average molecular weight is 440 g/mol. The van der Waals surface area contributed by atoms with E-state index in [1.54, 1.807) is 54.6 Å². The Kier molecular flexibility index (Phi) is 5.05. The third-order valence-electron chi connectivity index (χ3n) is 4.62. The number of carbonyl (C=O) groups is 1. The molecule has 0 bridgehead atoms. The quantitative estimate of drug-likeness (QED) is 0.362. The summed E-state index contributed by atoms with van der Waals surface area (Å²) in [6.07, 6.45) is 1.38. The number of carbonyl (C=O) groups excluding carboxylic acids is 1. The monoisotopic (exact) mass is 439 g/mol. The molecule has 0 saturated carbocycles. The third kappa shape index (κ3) is 4.05. The van der Waals surface area contributed by atoms with Gasteiger partial charge >= 0.3 is 0 Å². The van der Waals surface area contributed by atoms with Gasteiger partial charge in [-0.2, -0.15) is 0 Å². The van der Waals surface area contributed by atoms with Gasteiger partial charge in [-0.3, -0.25) is 4.79 Å². The van der Waals surface area contributed by atoms with Crippen molar-refractivity contribution in [2.24, 2.45) is 0 Å². The van der Waals surface area contributed by atoms with Crippen LogP contribution in [0.2, 0.25) is 0 Å². The van der Waals surface area contributed by atoms with Crippen LogP contribution in [0.3, 0.4) is 0 Å². The number of benzene rings is 3. The summed E-state index contributed by atoms with van der Waals surface area (Å²) in [5.41, 5.74) is 8.93. The number of nitrogens with two attached hydrogens (primary N) is 1. The largest absolute Gasteiger partial charge is 0.397 e. The van der Waals surface area contributed by atoms with Crippen molar-refractivity contribution in [3.63, 3.8) is 0 Å². The summed E-state index contributed by atoms with van der Waals surface area (Å²) in [4.78, 5) is 12.8. The molecule has 4 aromatic rings.